The lowest BCUT2D eigenvalue weighted by Crippen LogP contribution is -2.05. The van der Waals surface area contributed by atoms with E-state index >= 15 is 0 Å². The summed E-state index contributed by atoms with van der Waals surface area (Å²) in [5.41, 5.74) is 6.82. The van der Waals surface area contributed by atoms with Crippen LogP contribution in [0.3, 0.4) is 0 Å². The third kappa shape index (κ3) is 3.43. The van der Waals surface area contributed by atoms with Crippen molar-refractivity contribution in [2.24, 2.45) is 0 Å². The van der Waals surface area contributed by atoms with Crippen molar-refractivity contribution in [2.75, 3.05) is 12.3 Å². The van der Waals surface area contributed by atoms with Gasteiger partial charge in [-0.3, -0.25) is 4.79 Å². The summed E-state index contributed by atoms with van der Waals surface area (Å²) >= 11 is 17.9. The summed E-state index contributed by atoms with van der Waals surface area (Å²) in [6.07, 6.45) is 0. The number of nitrogen functional groups attached to an aromatic ring is 1. The smallest absolute Gasteiger partial charge is 0.196 e. The zero-order valence-electron chi connectivity index (χ0n) is 11.1. The predicted molar refractivity (Wildman–Crippen MR) is 86.9 cm³/mol. The molecular formula is C15H12Cl3NO2. The van der Waals surface area contributed by atoms with Crippen molar-refractivity contribution in [3.05, 3.63) is 56.5 Å². The van der Waals surface area contributed by atoms with E-state index in [0.717, 1.165) is 0 Å². The largest absolute Gasteiger partial charge is 0.492 e. The molecule has 0 aliphatic heterocycles. The van der Waals surface area contributed by atoms with Crippen LogP contribution in [-0.2, 0) is 0 Å². The number of ether oxygens (including phenoxy) is 1. The maximum absolute atomic E-state index is 12.5. The van der Waals surface area contributed by atoms with Crippen LogP contribution >= 0.6 is 34.8 Å². The quantitative estimate of drug-likeness (QED) is 0.636. The van der Waals surface area contributed by atoms with Gasteiger partial charge in [-0.1, -0.05) is 34.8 Å². The average Bonchev–Trinajstić information content (AvgIpc) is 2.40. The first-order chi connectivity index (χ1) is 9.93. The van der Waals surface area contributed by atoms with Crippen LogP contribution in [0, 0.1) is 0 Å². The number of anilines is 1. The first-order valence-electron chi connectivity index (χ1n) is 6.15. The number of rotatable bonds is 4. The molecule has 2 aromatic rings. The van der Waals surface area contributed by atoms with Crippen molar-refractivity contribution in [1.29, 1.82) is 0 Å². The highest BCUT2D eigenvalue weighted by Gasteiger charge is 2.18. The van der Waals surface area contributed by atoms with Crippen molar-refractivity contribution >= 4 is 46.3 Å². The van der Waals surface area contributed by atoms with Gasteiger partial charge >= 0.3 is 0 Å². The van der Waals surface area contributed by atoms with E-state index in [1.165, 1.54) is 18.2 Å². The lowest BCUT2D eigenvalue weighted by atomic mass is 10.0. The Hall–Kier alpha value is -1.42. The summed E-state index contributed by atoms with van der Waals surface area (Å²) in [5, 5.41) is 0.766. The van der Waals surface area contributed by atoms with E-state index in [-0.39, 0.29) is 21.4 Å². The number of carbonyl (C=O) groups is 1. The zero-order chi connectivity index (χ0) is 15.6. The molecule has 0 radical (unpaired) electrons. The fourth-order valence-corrected chi connectivity index (χ4v) is 2.87. The second kappa shape index (κ2) is 6.56. The fraction of sp³-hybridized carbons (Fsp3) is 0.133. The number of nitrogens with two attached hydrogens (primary N) is 1. The van der Waals surface area contributed by atoms with Crippen molar-refractivity contribution in [2.45, 2.75) is 6.92 Å². The van der Waals surface area contributed by atoms with Gasteiger partial charge in [0, 0.05) is 10.6 Å². The molecule has 0 atom stereocenters. The van der Waals surface area contributed by atoms with E-state index in [1.807, 2.05) is 6.92 Å². The highest BCUT2D eigenvalue weighted by atomic mass is 35.5. The molecule has 0 saturated carbocycles. The van der Waals surface area contributed by atoms with Gasteiger partial charge in [-0.05, 0) is 37.3 Å². The minimum Gasteiger partial charge on any atom is -0.492 e. The number of carbonyl (C=O) groups excluding carboxylic acids is 1. The molecule has 0 aliphatic rings. The van der Waals surface area contributed by atoms with Gasteiger partial charge in [0.1, 0.15) is 5.75 Å². The Balaban J connectivity index is 2.43. The summed E-state index contributed by atoms with van der Waals surface area (Å²) in [4.78, 5) is 12.5. The molecule has 0 saturated heterocycles. The Bertz CT molecular complexity index is 678. The molecule has 0 bridgehead atoms. The van der Waals surface area contributed by atoms with Crippen LogP contribution in [0.25, 0.3) is 0 Å². The van der Waals surface area contributed by atoms with Crippen molar-refractivity contribution in [3.8, 4) is 5.75 Å². The van der Waals surface area contributed by atoms with Gasteiger partial charge in [0.15, 0.2) is 5.78 Å². The summed E-state index contributed by atoms with van der Waals surface area (Å²) < 4.78 is 5.33. The number of hydrogen-bond acceptors (Lipinski definition) is 3. The Morgan fingerprint density at radius 1 is 1.14 bits per heavy atom. The van der Waals surface area contributed by atoms with Gasteiger partial charge in [-0.25, -0.2) is 0 Å². The predicted octanol–water partition coefficient (Wildman–Crippen LogP) is 4.86. The molecule has 0 unspecified atom stereocenters. The minimum atomic E-state index is -0.323. The van der Waals surface area contributed by atoms with Gasteiger partial charge < -0.3 is 10.5 Å². The lowest BCUT2D eigenvalue weighted by molar-refractivity contribution is 0.103. The van der Waals surface area contributed by atoms with Crippen LogP contribution in [-0.4, -0.2) is 12.4 Å². The van der Waals surface area contributed by atoms with Crippen molar-refractivity contribution in [1.82, 2.24) is 0 Å². The number of ketones is 1. The maximum atomic E-state index is 12.5. The Kier molecular flexibility index (Phi) is 4.99. The monoisotopic (exact) mass is 343 g/mol. The van der Waals surface area contributed by atoms with Crippen LogP contribution in [0.5, 0.6) is 5.75 Å². The molecule has 110 valence electrons. The Labute approximate surface area is 137 Å². The number of hydrogen-bond donors (Lipinski definition) is 1. The molecule has 6 heteroatoms. The average molecular weight is 345 g/mol. The first-order valence-corrected chi connectivity index (χ1v) is 7.29. The van der Waals surface area contributed by atoms with Gasteiger partial charge in [-0.15, -0.1) is 0 Å². The highest BCUT2D eigenvalue weighted by Crippen LogP contribution is 2.32. The van der Waals surface area contributed by atoms with Crippen LogP contribution in [0.4, 0.5) is 5.69 Å². The molecule has 0 amide bonds. The molecule has 3 nitrogen and oxygen atoms in total. The van der Waals surface area contributed by atoms with E-state index in [9.17, 15) is 4.79 Å². The van der Waals surface area contributed by atoms with Crippen molar-refractivity contribution in [3.63, 3.8) is 0 Å². The van der Waals surface area contributed by atoms with E-state index in [0.29, 0.717) is 28.6 Å². The molecule has 0 spiro atoms. The summed E-state index contributed by atoms with van der Waals surface area (Å²) in [6.45, 7) is 2.35. The van der Waals surface area contributed by atoms with Gasteiger partial charge in [0.2, 0.25) is 0 Å². The standard InChI is InChI=1S/C15H12Cl3NO2/c1-2-21-13-4-3-8(5-12(13)19)15(20)14-10(17)6-9(16)7-11(14)18/h3-7H,2,19H2,1H3. The third-order valence-corrected chi connectivity index (χ3v) is 3.62. The maximum Gasteiger partial charge on any atom is 0.196 e. The van der Waals surface area contributed by atoms with Crippen LogP contribution in [0.15, 0.2) is 30.3 Å². The summed E-state index contributed by atoms with van der Waals surface area (Å²) in [7, 11) is 0. The molecule has 0 aromatic heterocycles. The van der Waals surface area contributed by atoms with Gasteiger partial charge in [0.05, 0.1) is 27.9 Å². The number of benzene rings is 2. The highest BCUT2D eigenvalue weighted by molar-refractivity contribution is 6.43. The molecule has 2 aromatic carbocycles. The van der Waals surface area contributed by atoms with E-state index in [4.69, 9.17) is 45.3 Å². The number of halogens is 3. The van der Waals surface area contributed by atoms with Crippen LogP contribution in [0.2, 0.25) is 15.1 Å². The van der Waals surface area contributed by atoms with E-state index < -0.39 is 0 Å². The van der Waals surface area contributed by atoms with E-state index in [1.54, 1.807) is 12.1 Å². The summed E-state index contributed by atoms with van der Waals surface area (Å²) in [6, 6.07) is 7.74. The molecule has 2 N–H and O–H groups in total. The minimum absolute atomic E-state index is 0.199. The Morgan fingerprint density at radius 2 is 1.76 bits per heavy atom. The molecule has 0 heterocycles. The lowest BCUT2D eigenvalue weighted by Gasteiger charge is -2.10. The second-order valence-corrected chi connectivity index (χ2v) is 5.51. The SMILES string of the molecule is CCOc1ccc(C(=O)c2c(Cl)cc(Cl)cc2Cl)cc1N. The summed E-state index contributed by atoms with van der Waals surface area (Å²) in [5.74, 6) is 0.207. The van der Waals surface area contributed by atoms with Crippen LogP contribution < -0.4 is 10.5 Å². The molecule has 0 fully saturated rings. The molecular weight excluding hydrogens is 333 g/mol. The molecule has 0 aliphatic carbocycles. The zero-order valence-corrected chi connectivity index (χ0v) is 13.4. The fourth-order valence-electron chi connectivity index (χ4n) is 1.88. The van der Waals surface area contributed by atoms with Gasteiger partial charge in [0.25, 0.3) is 0 Å². The topological polar surface area (TPSA) is 52.3 Å². The van der Waals surface area contributed by atoms with Gasteiger partial charge in [-0.2, -0.15) is 0 Å². The Morgan fingerprint density at radius 3 is 2.29 bits per heavy atom. The van der Waals surface area contributed by atoms with Crippen molar-refractivity contribution < 1.29 is 9.53 Å². The molecule has 21 heavy (non-hydrogen) atoms. The second-order valence-electron chi connectivity index (χ2n) is 4.26. The first kappa shape index (κ1) is 16.0. The third-order valence-electron chi connectivity index (χ3n) is 2.81. The van der Waals surface area contributed by atoms with E-state index in [2.05, 4.69) is 0 Å². The molecule has 2 rings (SSSR count). The van der Waals surface area contributed by atoms with Crippen LogP contribution in [0.1, 0.15) is 22.8 Å². The normalized spacial score (nSPS) is 10.5.